The Labute approximate surface area is 112 Å². The zero-order chi connectivity index (χ0) is 13.8. The van der Waals surface area contributed by atoms with E-state index in [2.05, 4.69) is 10.2 Å². The highest BCUT2D eigenvalue weighted by Crippen LogP contribution is 2.24. The van der Waals surface area contributed by atoms with Gasteiger partial charge in [-0.05, 0) is 24.6 Å². The fourth-order valence-electron chi connectivity index (χ4n) is 2.60. The molecule has 0 saturated carbocycles. The number of carbonyl (C=O) groups excluding carboxylic acids is 1. The third kappa shape index (κ3) is 3.52. The average molecular weight is 265 g/mol. The summed E-state index contributed by atoms with van der Waals surface area (Å²) in [5.74, 6) is -0.197. The van der Waals surface area contributed by atoms with E-state index in [1.165, 1.54) is 12.1 Å². The monoisotopic (exact) mass is 265 g/mol. The van der Waals surface area contributed by atoms with Crippen molar-refractivity contribution in [2.24, 2.45) is 5.73 Å². The van der Waals surface area contributed by atoms with Gasteiger partial charge in [0.1, 0.15) is 5.82 Å². The van der Waals surface area contributed by atoms with Gasteiger partial charge in [-0.1, -0.05) is 12.1 Å². The number of nitrogens with zero attached hydrogens (tertiary/aromatic N) is 1. The Balaban J connectivity index is 2.22. The summed E-state index contributed by atoms with van der Waals surface area (Å²) in [7, 11) is 0. The molecular formula is C14H20FN3O. The molecule has 1 heterocycles. The van der Waals surface area contributed by atoms with E-state index in [1.54, 1.807) is 6.07 Å². The van der Waals surface area contributed by atoms with E-state index >= 15 is 0 Å². The van der Waals surface area contributed by atoms with Crippen molar-refractivity contribution in [2.45, 2.75) is 25.4 Å². The molecule has 1 aromatic rings. The first-order chi connectivity index (χ1) is 9.08. The molecule has 4 nitrogen and oxygen atoms in total. The number of rotatable bonds is 3. The van der Waals surface area contributed by atoms with Crippen LogP contribution in [0.5, 0.6) is 0 Å². The number of hydrogen-bond acceptors (Lipinski definition) is 3. The van der Waals surface area contributed by atoms with Gasteiger partial charge in [0, 0.05) is 38.1 Å². The molecule has 2 rings (SSSR count). The first kappa shape index (κ1) is 14.0. The van der Waals surface area contributed by atoms with Gasteiger partial charge in [0.15, 0.2) is 0 Å². The molecule has 104 valence electrons. The second-order valence-corrected chi connectivity index (χ2v) is 4.99. The van der Waals surface area contributed by atoms with Gasteiger partial charge in [-0.2, -0.15) is 0 Å². The van der Waals surface area contributed by atoms with Gasteiger partial charge in [0.25, 0.3) is 0 Å². The molecule has 5 heteroatoms. The minimum Gasteiger partial charge on any atom is -0.355 e. The summed E-state index contributed by atoms with van der Waals surface area (Å²) in [5.41, 5.74) is 6.93. The molecule has 3 N–H and O–H groups in total. The van der Waals surface area contributed by atoms with Gasteiger partial charge in [0.2, 0.25) is 5.91 Å². The van der Waals surface area contributed by atoms with Gasteiger partial charge < -0.3 is 11.1 Å². The molecule has 1 aliphatic heterocycles. The lowest BCUT2D eigenvalue weighted by Crippen LogP contribution is -2.41. The maximum absolute atomic E-state index is 13.4. The summed E-state index contributed by atoms with van der Waals surface area (Å²) >= 11 is 0. The summed E-state index contributed by atoms with van der Waals surface area (Å²) in [5, 5.41) is 2.84. The standard InChI is InChI=1S/C14H20FN3O/c1-10(16)14(11-3-2-4-12(15)9-11)18-7-5-13(19)17-6-8-18/h2-4,9-10,14H,5-8,16H2,1H3,(H,17,19). The fourth-order valence-corrected chi connectivity index (χ4v) is 2.60. The third-order valence-corrected chi connectivity index (χ3v) is 3.43. The van der Waals surface area contributed by atoms with E-state index in [0.717, 1.165) is 12.1 Å². The second-order valence-electron chi connectivity index (χ2n) is 4.99. The van der Waals surface area contributed by atoms with Gasteiger partial charge >= 0.3 is 0 Å². The maximum Gasteiger partial charge on any atom is 0.221 e. The fraction of sp³-hybridized carbons (Fsp3) is 0.500. The summed E-state index contributed by atoms with van der Waals surface area (Å²) in [4.78, 5) is 13.5. The van der Waals surface area contributed by atoms with Crippen molar-refractivity contribution in [3.8, 4) is 0 Å². The van der Waals surface area contributed by atoms with Crippen LogP contribution in [0.3, 0.4) is 0 Å². The smallest absolute Gasteiger partial charge is 0.221 e. The van der Waals surface area contributed by atoms with Crippen molar-refractivity contribution in [3.05, 3.63) is 35.6 Å². The summed E-state index contributed by atoms with van der Waals surface area (Å²) in [6.07, 6.45) is 0.457. The van der Waals surface area contributed by atoms with Crippen molar-refractivity contribution in [2.75, 3.05) is 19.6 Å². The van der Waals surface area contributed by atoms with Crippen LogP contribution in [0.15, 0.2) is 24.3 Å². The Kier molecular flexibility index (Phi) is 4.50. The lowest BCUT2D eigenvalue weighted by molar-refractivity contribution is -0.120. The molecule has 1 amide bonds. The van der Waals surface area contributed by atoms with Crippen LogP contribution in [0.25, 0.3) is 0 Å². The Morgan fingerprint density at radius 3 is 2.89 bits per heavy atom. The zero-order valence-corrected chi connectivity index (χ0v) is 11.1. The average Bonchev–Trinajstić information content (AvgIpc) is 2.55. The van der Waals surface area contributed by atoms with Gasteiger partial charge in [-0.3, -0.25) is 9.69 Å². The molecule has 1 aromatic carbocycles. The number of halogens is 1. The Hall–Kier alpha value is -1.46. The maximum atomic E-state index is 13.4. The van der Waals surface area contributed by atoms with Crippen LogP contribution >= 0.6 is 0 Å². The van der Waals surface area contributed by atoms with E-state index in [9.17, 15) is 9.18 Å². The van der Waals surface area contributed by atoms with E-state index in [0.29, 0.717) is 19.5 Å². The van der Waals surface area contributed by atoms with Crippen LogP contribution in [0.4, 0.5) is 4.39 Å². The van der Waals surface area contributed by atoms with Crippen LogP contribution in [-0.4, -0.2) is 36.5 Å². The first-order valence-electron chi connectivity index (χ1n) is 6.59. The molecule has 0 bridgehead atoms. The summed E-state index contributed by atoms with van der Waals surface area (Å²) in [6.45, 7) is 3.90. The minimum atomic E-state index is -0.257. The summed E-state index contributed by atoms with van der Waals surface area (Å²) < 4.78 is 13.4. The Morgan fingerprint density at radius 2 is 2.21 bits per heavy atom. The molecule has 19 heavy (non-hydrogen) atoms. The SMILES string of the molecule is CC(N)C(c1cccc(F)c1)N1CCNC(=O)CC1. The van der Waals surface area contributed by atoms with Crippen molar-refractivity contribution >= 4 is 5.91 Å². The van der Waals surface area contributed by atoms with Crippen LogP contribution in [0.1, 0.15) is 24.9 Å². The Morgan fingerprint density at radius 1 is 1.42 bits per heavy atom. The second kappa shape index (κ2) is 6.12. The number of carbonyl (C=O) groups is 1. The van der Waals surface area contributed by atoms with Crippen LogP contribution < -0.4 is 11.1 Å². The third-order valence-electron chi connectivity index (χ3n) is 3.43. The summed E-state index contributed by atoms with van der Waals surface area (Å²) in [6, 6.07) is 6.33. The van der Waals surface area contributed by atoms with E-state index < -0.39 is 0 Å². The van der Waals surface area contributed by atoms with Gasteiger partial charge in [0.05, 0.1) is 0 Å². The molecule has 2 unspecified atom stereocenters. The lowest BCUT2D eigenvalue weighted by Gasteiger charge is -2.33. The van der Waals surface area contributed by atoms with Crippen molar-refractivity contribution in [1.29, 1.82) is 0 Å². The first-order valence-corrected chi connectivity index (χ1v) is 6.59. The highest BCUT2D eigenvalue weighted by molar-refractivity contribution is 5.76. The molecule has 0 radical (unpaired) electrons. The van der Waals surface area contributed by atoms with Crippen LogP contribution in [0.2, 0.25) is 0 Å². The predicted molar refractivity (Wildman–Crippen MR) is 72.0 cm³/mol. The number of nitrogens with one attached hydrogen (secondary N) is 1. The molecule has 1 saturated heterocycles. The molecule has 1 fully saturated rings. The highest BCUT2D eigenvalue weighted by atomic mass is 19.1. The molecule has 1 aliphatic rings. The number of amides is 1. The highest BCUT2D eigenvalue weighted by Gasteiger charge is 2.26. The van der Waals surface area contributed by atoms with Gasteiger partial charge in [-0.15, -0.1) is 0 Å². The van der Waals surface area contributed by atoms with Crippen molar-refractivity contribution < 1.29 is 9.18 Å². The number of benzene rings is 1. The zero-order valence-electron chi connectivity index (χ0n) is 11.1. The normalized spacial score (nSPS) is 20.5. The lowest BCUT2D eigenvalue weighted by atomic mass is 9.99. The molecule has 0 spiro atoms. The molecular weight excluding hydrogens is 245 g/mol. The van der Waals surface area contributed by atoms with Gasteiger partial charge in [-0.25, -0.2) is 4.39 Å². The quantitative estimate of drug-likeness (QED) is 0.858. The van der Waals surface area contributed by atoms with E-state index in [4.69, 9.17) is 5.73 Å². The largest absolute Gasteiger partial charge is 0.355 e. The van der Waals surface area contributed by atoms with Crippen LogP contribution in [-0.2, 0) is 4.79 Å². The number of nitrogens with two attached hydrogens (primary N) is 1. The number of hydrogen-bond donors (Lipinski definition) is 2. The topological polar surface area (TPSA) is 58.4 Å². The van der Waals surface area contributed by atoms with Crippen molar-refractivity contribution in [3.63, 3.8) is 0 Å². The predicted octanol–water partition coefficient (Wildman–Crippen LogP) is 1.04. The van der Waals surface area contributed by atoms with Crippen LogP contribution in [0, 0.1) is 5.82 Å². The minimum absolute atomic E-state index is 0.0603. The Bertz CT molecular complexity index is 450. The van der Waals surface area contributed by atoms with E-state index in [-0.39, 0.29) is 23.8 Å². The molecule has 0 aliphatic carbocycles. The molecule has 0 aromatic heterocycles. The molecule has 2 atom stereocenters. The van der Waals surface area contributed by atoms with E-state index in [1.807, 2.05) is 13.0 Å². The van der Waals surface area contributed by atoms with Crippen molar-refractivity contribution in [1.82, 2.24) is 10.2 Å².